The van der Waals surface area contributed by atoms with Crippen LogP contribution in [0.15, 0.2) is 70.4 Å². The topological polar surface area (TPSA) is 82.3 Å². The van der Waals surface area contributed by atoms with Crippen LogP contribution in [-0.4, -0.2) is 21.6 Å². The lowest BCUT2D eigenvalue weighted by atomic mass is 10.2. The Labute approximate surface area is 166 Å². The van der Waals surface area contributed by atoms with E-state index in [0.717, 1.165) is 4.57 Å². The molecule has 0 aliphatic heterocycles. The molecule has 7 nitrogen and oxygen atoms in total. The SMILES string of the molecule is CCOc1ccc(NC(=O)Cn2c(=O)ccn(Cc3ccc(F)cc3)c2=O)cc1. The van der Waals surface area contributed by atoms with Crippen LogP contribution in [0.2, 0.25) is 0 Å². The molecule has 0 bridgehead atoms. The molecular weight excluding hydrogens is 377 g/mol. The van der Waals surface area contributed by atoms with Gasteiger partial charge in [0.2, 0.25) is 5.91 Å². The number of benzene rings is 2. The quantitative estimate of drug-likeness (QED) is 0.663. The Morgan fingerprint density at radius 1 is 1.03 bits per heavy atom. The molecule has 3 rings (SSSR count). The minimum absolute atomic E-state index is 0.153. The number of halogens is 1. The third kappa shape index (κ3) is 5.19. The summed E-state index contributed by atoms with van der Waals surface area (Å²) < 4.78 is 20.5. The molecule has 0 spiro atoms. The Hall–Kier alpha value is -3.68. The number of hydrogen-bond acceptors (Lipinski definition) is 4. The van der Waals surface area contributed by atoms with E-state index in [2.05, 4.69) is 5.32 Å². The van der Waals surface area contributed by atoms with Crippen molar-refractivity contribution in [1.82, 2.24) is 9.13 Å². The standard InChI is InChI=1S/C21H20FN3O4/c1-2-29-18-9-7-17(8-10-18)23-19(26)14-25-20(27)11-12-24(21(25)28)13-15-3-5-16(22)6-4-15/h3-12H,2,13-14H2,1H3,(H,23,26). The lowest BCUT2D eigenvalue weighted by molar-refractivity contribution is -0.116. The molecule has 1 N–H and O–H groups in total. The number of carbonyl (C=O) groups excluding carboxylic acids is 1. The summed E-state index contributed by atoms with van der Waals surface area (Å²) >= 11 is 0. The first-order valence-electron chi connectivity index (χ1n) is 9.03. The summed E-state index contributed by atoms with van der Waals surface area (Å²) in [7, 11) is 0. The van der Waals surface area contributed by atoms with Gasteiger partial charge in [-0.2, -0.15) is 0 Å². The number of aromatic nitrogens is 2. The zero-order valence-electron chi connectivity index (χ0n) is 15.8. The summed E-state index contributed by atoms with van der Waals surface area (Å²) in [6, 6.07) is 13.7. The van der Waals surface area contributed by atoms with Crippen LogP contribution in [0.1, 0.15) is 12.5 Å². The van der Waals surface area contributed by atoms with Gasteiger partial charge in [0, 0.05) is 18.0 Å². The van der Waals surface area contributed by atoms with Gasteiger partial charge in [-0.1, -0.05) is 12.1 Å². The largest absolute Gasteiger partial charge is 0.494 e. The average molecular weight is 397 g/mol. The number of anilines is 1. The molecule has 29 heavy (non-hydrogen) atoms. The maximum absolute atomic E-state index is 13.0. The summed E-state index contributed by atoms with van der Waals surface area (Å²) in [4.78, 5) is 37.0. The Bertz CT molecular complexity index is 1100. The maximum atomic E-state index is 13.0. The van der Waals surface area contributed by atoms with Gasteiger partial charge in [-0.3, -0.25) is 18.7 Å². The van der Waals surface area contributed by atoms with Crippen molar-refractivity contribution in [2.24, 2.45) is 0 Å². The molecule has 3 aromatic rings. The smallest absolute Gasteiger partial charge is 0.331 e. The second-order valence-electron chi connectivity index (χ2n) is 6.28. The molecular formula is C21H20FN3O4. The van der Waals surface area contributed by atoms with Gasteiger partial charge in [0.1, 0.15) is 18.1 Å². The van der Waals surface area contributed by atoms with Gasteiger partial charge in [0.05, 0.1) is 13.2 Å². The second-order valence-corrected chi connectivity index (χ2v) is 6.28. The highest BCUT2D eigenvalue weighted by atomic mass is 19.1. The fraction of sp³-hybridized carbons (Fsp3) is 0.190. The number of nitrogens with zero attached hydrogens (tertiary/aromatic N) is 2. The van der Waals surface area contributed by atoms with Crippen molar-refractivity contribution in [2.45, 2.75) is 20.0 Å². The zero-order valence-corrected chi connectivity index (χ0v) is 15.8. The summed E-state index contributed by atoms with van der Waals surface area (Å²) in [6.45, 7) is 2.14. The van der Waals surface area contributed by atoms with Crippen LogP contribution in [0.4, 0.5) is 10.1 Å². The zero-order chi connectivity index (χ0) is 20.8. The van der Waals surface area contributed by atoms with Gasteiger partial charge in [0.15, 0.2) is 0 Å². The summed E-state index contributed by atoms with van der Waals surface area (Å²) in [6.07, 6.45) is 1.36. The molecule has 0 radical (unpaired) electrons. The molecule has 1 heterocycles. The molecule has 0 unspecified atom stereocenters. The molecule has 0 saturated heterocycles. The van der Waals surface area contributed by atoms with E-state index in [9.17, 15) is 18.8 Å². The van der Waals surface area contributed by atoms with Crippen LogP contribution in [0.3, 0.4) is 0 Å². The van der Waals surface area contributed by atoms with E-state index >= 15 is 0 Å². The number of hydrogen-bond donors (Lipinski definition) is 1. The normalized spacial score (nSPS) is 10.6. The van der Waals surface area contributed by atoms with E-state index in [1.54, 1.807) is 36.4 Å². The van der Waals surface area contributed by atoms with Gasteiger partial charge in [-0.05, 0) is 48.9 Å². The highest BCUT2D eigenvalue weighted by Gasteiger charge is 2.11. The lowest BCUT2D eigenvalue weighted by Gasteiger charge is -2.11. The van der Waals surface area contributed by atoms with Gasteiger partial charge in [-0.15, -0.1) is 0 Å². The van der Waals surface area contributed by atoms with E-state index in [1.807, 2.05) is 6.92 Å². The van der Waals surface area contributed by atoms with Crippen molar-refractivity contribution in [2.75, 3.05) is 11.9 Å². The Balaban J connectivity index is 1.74. The monoisotopic (exact) mass is 397 g/mol. The van der Waals surface area contributed by atoms with Crippen molar-refractivity contribution in [3.05, 3.63) is 93.0 Å². The number of amides is 1. The molecule has 0 aliphatic carbocycles. The van der Waals surface area contributed by atoms with Crippen molar-refractivity contribution >= 4 is 11.6 Å². The molecule has 0 saturated carbocycles. The maximum Gasteiger partial charge on any atom is 0.331 e. The number of nitrogens with one attached hydrogen (secondary N) is 1. The predicted octanol–water partition coefficient (Wildman–Crippen LogP) is 2.23. The average Bonchev–Trinajstić information content (AvgIpc) is 2.71. The molecule has 1 aromatic heterocycles. The van der Waals surface area contributed by atoms with Crippen molar-refractivity contribution < 1.29 is 13.9 Å². The summed E-state index contributed by atoms with van der Waals surface area (Å²) in [5.74, 6) is -0.210. The minimum atomic E-state index is -0.622. The lowest BCUT2D eigenvalue weighted by Crippen LogP contribution is -2.41. The van der Waals surface area contributed by atoms with E-state index in [-0.39, 0.29) is 12.4 Å². The number of ether oxygens (including phenoxy) is 1. The predicted molar refractivity (Wildman–Crippen MR) is 107 cm³/mol. The molecule has 0 atom stereocenters. The first-order chi connectivity index (χ1) is 14.0. The third-order valence-electron chi connectivity index (χ3n) is 4.16. The van der Waals surface area contributed by atoms with E-state index in [1.165, 1.54) is 29.0 Å². The third-order valence-corrected chi connectivity index (χ3v) is 4.16. The Kier molecular flexibility index (Phi) is 6.23. The van der Waals surface area contributed by atoms with Gasteiger partial charge in [0.25, 0.3) is 5.56 Å². The first kappa shape index (κ1) is 20.1. The molecule has 0 fully saturated rings. The van der Waals surface area contributed by atoms with Gasteiger partial charge in [-0.25, -0.2) is 9.18 Å². The number of carbonyl (C=O) groups is 1. The molecule has 150 valence electrons. The van der Waals surface area contributed by atoms with Gasteiger partial charge < -0.3 is 10.1 Å². The van der Waals surface area contributed by atoms with E-state index in [0.29, 0.717) is 23.6 Å². The Morgan fingerprint density at radius 3 is 2.38 bits per heavy atom. The van der Waals surface area contributed by atoms with Crippen LogP contribution >= 0.6 is 0 Å². The summed E-state index contributed by atoms with van der Waals surface area (Å²) in [5, 5.41) is 2.65. The number of rotatable bonds is 7. The molecule has 2 aromatic carbocycles. The van der Waals surface area contributed by atoms with Crippen LogP contribution in [0.5, 0.6) is 5.75 Å². The van der Waals surface area contributed by atoms with Crippen molar-refractivity contribution in [3.8, 4) is 5.75 Å². The minimum Gasteiger partial charge on any atom is -0.494 e. The van der Waals surface area contributed by atoms with Crippen LogP contribution < -0.4 is 21.3 Å². The first-order valence-corrected chi connectivity index (χ1v) is 9.03. The summed E-state index contributed by atoms with van der Waals surface area (Å²) in [5.41, 5.74) is 0.0162. The molecule has 1 amide bonds. The molecule has 0 aliphatic rings. The van der Waals surface area contributed by atoms with Crippen LogP contribution in [-0.2, 0) is 17.9 Å². The van der Waals surface area contributed by atoms with E-state index in [4.69, 9.17) is 4.74 Å². The van der Waals surface area contributed by atoms with Gasteiger partial charge >= 0.3 is 5.69 Å². The fourth-order valence-corrected chi connectivity index (χ4v) is 2.75. The van der Waals surface area contributed by atoms with E-state index < -0.39 is 23.7 Å². The highest BCUT2D eigenvalue weighted by molar-refractivity contribution is 5.90. The highest BCUT2D eigenvalue weighted by Crippen LogP contribution is 2.15. The van der Waals surface area contributed by atoms with Crippen molar-refractivity contribution in [1.29, 1.82) is 0 Å². The second kappa shape index (κ2) is 9.01. The van der Waals surface area contributed by atoms with Crippen LogP contribution in [0.25, 0.3) is 0 Å². The Morgan fingerprint density at radius 2 is 1.72 bits per heavy atom. The molecule has 8 heteroatoms. The fourth-order valence-electron chi connectivity index (χ4n) is 2.75. The van der Waals surface area contributed by atoms with Crippen LogP contribution in [0, 0.1) is 5.82 Å². The van der Waals surface area contributed by atoms with Crippen molar-refractivity contribution in [3.63, 3.8) is 0 Å².